The van der Waals surface area contributed by atoms with E-state index in [1.165, 1.54) is 0 Å². The van der Waals surface area contributed by atoms with E-state index in [2.05, 4.69) is 15.9 Å². The molecule has 1 saturated heterocycles. The summed E-state index contributed by atoms with van der Waals surface area (Å²) in [6.07, 6.45) is -0.153. The minimum atomic E-state index is -1.03. The van der Waals surface area contributed by atoms with Crippen molar-refractivity contribution >= 4 is 45.1 Å². The van der Waals surface area contributed by atoms with Gasteiger partial charge >= 0.3 is 5.97 Å². The van der Waals surface area contributed by atoms with Crippen LogP contribution in [-0.4, -0.2) is 30.6 Å². The van der Waals surface area contributed by atoms with Crippen molar-refractivity contribution in [1.82, 2.24) is 0 Å². The highest BCUT2D eigenvalue weighted by Gasteiger charge is 2.44. The lowest BCUT2D eigenvalue weighted by Gasteiger charge is -2.27. The predicted octanol–water partition coefficient (Wildman–Crippen LogP) is 4.74. The van der Waals surface area contributed by atoms with Gasteiger partial charge in [-0.3, -0.25) is 4.79 Å². The molecule has 2 aromatic carbocycles. The largest absolute Gasteiger partial charge is 0.463 e. The van der Waals surface area contributed by atoms with Gasteiger partial charge in [0.2, 0.25) is 5.79 Å². The second kappa shape index (κ2) is 8.72. The van der Waals surface area contributed by atoms with Gasteiger partial charge in [-0.15, -0.1) is 0 Å². The molecule has 0 aromatic heterocycles. The molecule has 7 heteroatoms. The third kappa shape index (κ3) is 4.59. The molecule has 2 aromatic rings. The fourth-order valence-corrected chi connectivity index (χ4v) is 3.88. The molecule has 0 radical (unpaired) electrons. The van der Waals surface area contributed by atoms with E-state index in [-0.39, 0.29) is 25.1 Å². The zero-order valence-corrected chi connectivity index (χ0v) is 16.9. The van der Waals surface area contributed by atoms with E-state index in [0.29, 0.717) is 27.5 Å². The number of carbonyl (C=O) groups excluding carboxylic acids is 1. The lowest BCUT2D eigenvalue weighted by atomic mass is 10.1. The molecule has 3 rings (SSSR count). The summed E-state index contributed by atoms with van der Waals surface area (Å²) >= 11 is 15.7. The molecule has 0 spiro atoms. The van der Waals surface area contributed by atoms with E-state index < -0.39 is 5.79 Å². The molecule has 138 valence electrons. The number of ether oxygens (including phenoxy) is 3. The second-order valence-corrected chi connectivity index (χ2v) is 7.31. The Morgan fingerprint density at radius 1 is 1.23 bits per heavy atom. The molecule has 0 amide bonds. The van der Waals surface area contributed by atoms with Crippen molar-refractivity contribution in [3.63, 3.8) is 0 Å². The van der Waals surface area contributed by atoms with Crippen LogP contribution < -0.4 is 0 Å². The molecule has 26 heavy (non-hydrogen) atoms. The number of hydrogen-bond donors (Lipinski definition) is 0. The summed E-state index contributed by atoms with van der Waals surface area (Å²) in [4.78, 5) is 12.0. The van der Waals surface area contributed by atoms with Crippen LogP contribution in [0, 0.1) is 0 Å². The minimum absolute atomic E-state index is 0.117. The van der Waals surface area contributed by atoms with Gasteiger partial charge in [-0.2, -0.15) is 0 Å². The van der Waals surface area contributed by atoms with Crippen LogP contribution in [0.5, 0.6) is 0 Å². The second-order valence-electron chi connectivity index (χ2n) is 5.91. The van der Waals surface area contributed by atoms with Crippen LogP contribution in [0.1, 0.15) is 11.1 Å². The topological polar surface area (TPSA) is 44.8 Å². The van der Waals surface area contributed by atoms with Gasteiger partial charge in [-0.25, -0.2) is 0 Å². The zero-order chi connectivity index (χ0) is 18.6. The molecule has 0 bridgehead atoms. The van der Waals surface area contributed by atoms with Crippen molar-refractivity contribution in [3.05, 3.63) is 69.7 Å². The van der Waals surface area contributed by atoms with Crippen molar-refractivity contribution in [2.45, 2.75) is 18.3 Å². The van der Waals surface area contributed by atoms with E-state index >= 15 is 0 Å². The first-order valence-corrected chi connectivity index (χ1v) is 9.93. The SMILES string of the molecule is O=C(Cc1ccccc1)OC[C@@H]1CO[C@@](CBr)(c2ccc(Cl)cc2Cl)O1. The highest BCUT2D eigenvalue weighted by atomic mass is 79.9. The maximum Gasteiger partial charge on any atom is 0.310 e. The first-order valence-electron chi connectivity index (χ1n) is 8.05. The Labute approximate surface area is 170 Å². The van der Waals surface area contributed by atoms with Crippen molar-refractivity contribution in [2.24, 2.45) is 0 Å². The Hall–Kier alpha value is -1.11. The maximum atomic E-state index is 12.0. The van der Waals surface area contributed by atoms with Crippen LogP contribution in [0.25, 0.3) is 0 Å². The maximum absolute atomic E-state index is 12.0. The summed E-state index contributed by atoms with van der Waals surface area (Å²) in [6, 6.07) is 14.6. The van der Waals surface area contributed by atoms with E-state index in [0.717, 1.165) is 5.56 Å². The van der Waals surface area contributed by atoms with Crippen molar-refractivity contribution in [2.75, 3.05) is 18.5 Å². The Morgan fingerprint density at radius 3 is 2.69 bits per heavy atom. The van der Waals surface area contributed by atoms with Crippen molar-refractivity contribution in [3.8, 4) is 0 Å². The van der Waals surface area contributed by atoms with Gasteiger partial charge in [0.25, 0.3) is 0 Å². The number of benzene rings is 2. The quantitative estimate of drug-likeness (QED) is 0.462. The average Bonchev–Trinajstić information content (AvgIpc) is 3.05. The summed E-state index contributed by atoms with van der Waals surface area (Å²) in [7, 11) is 0. The van der Waals surface area contributed by atoms with E-state index in [4.69, 9.17) is 37.4 Å². The van der Waals surface area contributed by atoms with Crippen LogP contribution in [-0.2, 0) is 31.2 Å². The van der Waals surface area contributed by atoms with E-state index in [1.807, 2.05) is 30.3 Å². The highest BCUT2D eigenvalue weighted by molar-refractivity contribution is 9.09. The van der Waals surface area contributed by atoms with Gasteiger partial charge in [-0.1, -0.05) is 75.5 Å². The molecule has 1 aliphatic rings. The van der Waals surface area contributed by atoms with Crippen LogP contribution >= 0.6 is 39.1 Å². The number of hydrogen-bond acceptors (Lipinski definition) is 4. The number of halogens is 3. The Bertz CT molecular complexity index is 771. The fraction of sp³-hybridized carbons (Fsp3) is 0.316. The molecule has 1 aliphatic heterocycles. The molecular weight excluding hydrogens is 443 g/mol. The summed E-state index contributed by atoms with van der Waals surface area (Å²) in [5.74, 6) is -1.33. The molecule has 0 aliphatic carbocycles. The molecule has 1 heterocycles. The first kappa shape index (κ1) is 19.6. The summed E-state index contributed by atoms with van der Waals surface area (Å²) in [5, 5.41) is 1.38. The molecule has 1 fully saturated rings. The smallest absolute Gasteiger partial charge is 0.310 e. The Morgan fingerprint density at radius 2 is 2.00 bits per heavy atom. The monoisotopic (exact) mass is 458 g/mol. The predicted molar refractivity (Wildman–Crippen MR) is 104 cm³/mol. The van der Waals surface area contributed by atoms with Gasteiger partial charge in [0.05, 0.1) is 23.4 Å². The lowest BCUT2D eigenvalue weighted by Crippen LogP contribution is -2.31. The van der Waals surface area contributed by atoms with Gasteiger partial charge in [0, 0.05) is 10.6 Å². The minimum Gasteiger partial charge on any atom is -0.463 e. The molecule has 0 N–H and O–H groups in total. The van der Waals surface area contributed by atoms with Crippen LogP contribution in [0.3, 0.4) is 0 Å². The molecular formula is C19H17BrCl2O4. The Balaban J connectivity index is 1.59. The van der Waals surface area contributed by atoms with Gasteiger partial charge < -0.3 is 14.2 Å². The van der Waals surface area contributed by atoms with Crippen molar-refractivity contribution in [1.29, 1.82) is 0 Å². The number of rotatable bonds is 6. The van der Waals surface area contributed by atoms with Crippen LogP contribution in [0.15, 0.2) is 48.5 Å². The molecule has 0 unspecified atom stereocenters. The average molecular weight is 460 g/mol. The number of carbonyl (C=O) groups is 1. The number of esters is 1. The fourth-order valence-electron chi connectivity index (χ4n) is 2.73. The standard InChI is InChI=1S/C19H17BrCl2O4/c20-12-19(16-7-6-14(21)9-17(16)22)25-11-15(26-19)10-24-18(23)8-13-4-2-1-3-5-13/h1-7,9,15H,8,10-12H2/t15-,19-/m1/s1. The lowest BCUT2D eigenvalue weighted by molar-refractivity contribution is -0.168. The Kier molecular flexibility index (Phi) is 6.59. The highest BCUT2D eigenvalue weighted by Crippen LogP contribution is 2.40. The first-order chi connectivity index (χ1) is 12.5. The van der Waals surface area contributed by atoms with Gasteiger partial charge in [-0.05, 0) is 17.7 Å². The molecule has 0 saturated carbocycles. The third-order valence-electron chi connectivity index (χ3n) is 4.00. The summed E-state index contributed by atoms with van der Waals surface area (Å²) in [5.41, 5.74) is 1.59. The third-order valence-corrected chi connectivity index (χ3v) is 5.28. The molecule has 4 nitrogen and oxygen atoms in total. The summed E-state index contributed by atoms with van der Waals surface area (Å²) < 4.78 is 17.2. The number of alkyl halides is 1. The van der Waals surface area contributed by atoms with E-state index in [1.54, 1.807) is 18.2 Å². The zero-order valence-electron chi connectivity index (χ0n) is 13.8. The van der Waals surface area contributed by atoms with E-state index in [9.17, 15) is 4.79 Å². The summed E-state index contributed by atoms with van der Waals surface area (Å²) in [6.45, 7) is 0.412. The van der Waals surface area contributed by atoms with Crippen LogP contribution in [0.2, 0.25) is 10.0 Å². The normalized spacial score (nSPS) is 22.3. The van der Waals surface area contributed by atoms with Gasteiger partial charge in [0.1, 0.15) is 12.7 Å². The van der Waals surface area contributed by atoms with Crippen molar-refractivity contribution < 1.29 is 19.0 Å². The molecule has 2 atom stereocenters. The van der Waals surface area contributed by atoms with Crippen LogP contribution in [0.4, 0.5) is 0 Å². The van der Waals surface area contributed by atoms with Gasteiger partial charge in [0.15, 0.2) is 0 Å².